The van der Waals surface area contributed by atoms with Gasteiger partial charge in [0.2, 0.25) is 0 Å². The number of rotatable bonds is 8. The Hall–Kier alpha value is -0.940. The fraction of sp³-hybridized carbons (Fsp3) is 0.714. The highest BCUT2D eigenvalue weighted by atomic mass is 32.1. The molecule has 0 saturated carbocycles. The molecule has 0 spiro atoms. The van der Waals surface area contributed by atoms with Crippen LogP contribution >= 0.6 is 11.3 Å². The molecule has 0 amide bonds. The van der Waals surface area contributed by atoms with Crippen LogP contribution in [0, 0.1) is 0 Å². The molecule has 19 heavy (non-hydrogen) atoms. The van der Waals surface area contributed by atoms with Gasteiger partial charge in [-0.05, 0) is 34.4 Å². The highest BCUT2D eigenvalue weighted by Crippen LogP contribution is 2.27. The van der Waals surface area contributed by atoms with Crippen LogP contribution in [0.1, 0.15) is 42.6 Å². The predicted octanol–water partition coefficient (Wildman–Crippen LogP) is 2.68. The van der Waals surface area contributed by atoms with E-state index in [1.807, 2.05) is 0 Å². The Morgan fingerprint density at radius 2 is 2.05 bits per heavy atom. The first-order valence-electron chi connectivity index (χ1n) is 6.89. The van der Waals surface area contributed by atoms with E-state index in [-0.39, 0.29) is 0 Å². The van der Waals surface area contributed by atoms with E-state index in [0.29, 0.717) is 6.04 Å². The Morgan fingerprint density at radius 3 is 2.53 bits per heavy atom. The number of anilines is 1. The summed E-state index contributed by atoms with van der Waals surface area (Å²) >= 11 is 1.52. The average molecular weight is 283 g/mol. The van der Waals surface area contributed by atoms with Crippen molar-refractivity contribution in [3.63, 3.8) is 0 Å². The minimum absolute atomic E-state index is 0.389. The maximum Gasteiger partial charge on any atom is 0.186 e. The summed E-state index contributed by atoms with van der Waals surface area (Å²) in [5, 5.41) is 0.974. The van der Waals surface area contributed by atoms with Gasteiger partial charge < -0.3 is 9.80 Å². The van der Waals surface area contributed by atoms with Crippen LogP contribution in [0.25, 0.3) is 0 Å². The molecular weight excluding hydrogens is 258 g/mol. The Kier molecular flexibility index (Phi) is 6.45. The van der Waals surface area contributed by atoms with E-state index in [1.54, 1.807) is 0 Å². The van der Waals surface area contributed by atoms with Crippen molar-refractivity contribution in [1.29, 1.82) is 0 Å². The molecule has 0 N–H and O–H groups in total. The van der Waals surface area contributed by atoms with Crippen molar-refractivity contribution >= 4 is 22.8 Å². The standard InChI is InChI=1S/C14H25N3OS/c1-6-8-12-13(10-18)19-14(15-12)17(7-2)11(3)9-16(4)5/h10-11H,6-9H2,1-5H3. The molecule has 1 heterocycles. The highest BCUT2D eigenvalue weighted by Gasteiger charge is 2.19. The van der Waals surface area contributed by atoms with Gasteiger partial charge in [0.1, 0.15) is 0 Å². The molecule has 0 aromatic carbocycles. The molecule has 1 atom stereocenters. The number of thiazole rings is 1. The number of aldehydes is 1. The molecule has 4 nitrogen and oxygen atoms in total. The van der Waals surface area contributed by atoms with Crippen molar-refractivity contribution in [2.75, 3.05) is 32.1 Å². The maximum atomic E-state index is 11.1. The van der Waals surface area contributed by atoms with Crippen LogP contribution in [0.2, 0.25) is 0 Å². The van der Waals surface area contributed by atoms with E-state index >= 15 is 0 Å². The zero-order chi connectivity index (χ0) is 14.4. The SMILES string of the molecule is CCCc1nc(N(CC)C(C)CN(C)C)sc1C=O. The van der Waals surface area contributed by atoms with Crippen molar-refractivity contribution in [2.24, 2.45) is 0 Å². The number of carbonyl (C=O) groups is 1. The van der Waals surface area contributed by atoms with Gasteiger partial charge in [0.25, 0.3) is 0 Å². The van der Waals surface area contributed by atoms with Crippen LogP contribution in [0.3, 0.4) is 0 Å². The lowest BCUT2D eigenvalue weighted by Gasteiger charge is -2.29. The van der Waals surface area contributed by atoms with Gasteiger partial charge >= 0.3 is 0 Å². The molecule has 0 fully saturated rings. The van der Waals surface area contributed by atoms with Crippen molar-refractivity contribution in [1.82, 2.24) is 9.88 Å². The summed E-state index contributed by atoms with van der Waals surface area (Å²) in [5.41, 5.74) is 0.952. The smallest absolute Gasteiger partial charge is 0.186 e. The zero-order valence-electron chi connectivity index (χ0n) is 12.6. The van der Waals surface area contributed by atoms with Gasteiger partial charge in [-0.15, -0.1) is 0 Å². The Bertz CT molecular complexity index is 403. The van der Waals surface area contributed by atoms with E-state index in [4.69, 9.17) is 0 Å². The topological polar surface area (TPSA) is 36.4 Å². The van der Waals surface area contributed by atoms with Crippen molar-refractivity contribution in [3.8, 4) is 0 Å². The first kappa shape index (κ1) is 16.1. The molecule has 1 aromatic heterocycles. The molecule has 0 radical (unpaired) electrons. The average Bonchev–Trinajstić information content (AvgIpc) is 2.72. The monoisotopic (exact) mass is 283 g/mol. The maximum absolute atomic E-state index is 11.1. The molecule has 0 bridgehead atoms. The van der Waals surface area contributed by atoms with Crippen LogP contribution in [0.5, 0.6) is 0 Å². The van der Waals surface area contributed by atoms with E-state index in [1.165, 1.54) is 11.3 Å². The summed E-state index contributed by atoms with van der Waals surface area (Å²) < 4.78 is 0. The predicted molar refractivity (Wildman–Crippen MR) is 82.5 cm³/mol. The van der Waals surface area contributed by atoms with Crippen molar-refractivity contribution in [2.45, 2.75) is 39.7 Å². The number of likely N-dealkylation sites (N-methyl/N-ethyl adjacent to an activating group) is 2. The molecule has 0 aliphatic heterocycles. The minimum atomic E-state index is 0.389. The van der Waals surface area contributed by atoms with Gasteiger partial charge in [-0.25, -0.2) is 4.98 Å². The number of aryl methyl sites for hydroxylation is 1. The van der Waals surface area contributed by atoms with E-state index in [9.17, 15) is 4.79 Å². The van der Waals surface area contributed by atoms with Crippen LogP contribution in [-0.4, -0.2) is 49.4 Å². The quantitative estimate of drug-likeness (QED) is 0.687. The van der Waals surface area contributed by atoms with Gasteiger partial charge in [0, 0.05) is 19.1 Å². The third kappa shape index (κ3) is 4.28. The van der Waals surface area contributed by atoms with Crippen molar-refractivity contribution in [3.05, 3.63) is 10.6 Å². The molecule has 0 aliphatic carbocycles. The summed E-state index contributed by atoms with van der Waals surface area (Å²) in [6, 6.07) is 0.389. The molecule has 1 unspecified atom stereocenters. The normalized spacial score (nSPS) is 12.7. The first-order valence-corrected chi connectivity index (χ1v) is 7.71. The van der Waals surface area contributed by atoms with Crippen molar-refractivity contribution < 1.29 is 4.79 Å². The Labute approximate surface area is 120 Å². The summed E-state index contributed by atoms with van der Waals surface area (Å²) in [6.45, 7) is 8.33. The van der Waals surface area contributed by atoms with Gasteiger partial charge in [-0.3, -0.25) is 4.79 Å². The van der Waals surface area contributed by atoms with Gasteiger partial charge in [-0.2, -0.15) is 0 Å². The summed E-state index contributed by atoms with van der Waals surface area (Å²) in [5.74, 6) is 0. The third-order valence-electron chi connectivity index (χ3n) is 3.06. The van der Waals surface area contributed by atoms with Gasteiger partial charge in [0.05, 0.1) is 10.6 Å². The summed E-state index contributed by atoms with van der Waals surface area (Å²) in [6.07, 6.45) is 2.84. The second-order valence-corrected chi connectivity index (χ2v) is 6.08. The summed E-state index contributed by atoms with van der Waals surface area (Å²) in [4.78, 5) is 21.0. The number of carbonyl (C=O) groups excluding carboxylic acids is 1. The number of aromatic nitrogens is 1. The molecule has 0 aliphatic rings. The van der Waals surface area contributed by atoms with Crippen LogP contribution in [0.4, 0.5) is 5.13 Å². The number of nitrogens with zero attached hydrogens (tertiary/aromatic N) is 3. The third-order valence-corrected chi connectivity index (χ3v) is 4.12. The molecule has 1 aromatic rings. The number of hydrogen-bond acceptors (Lipinski definition) is 5. The Morgan fingerprint density at radius 1 is 1.37 bits per heavy atom. The fourth-order valence-corrected chi connectivity index (χ4v) is 3.34. The van der Waals surface area contributed by atoms with E-state index < -0.39 is 0 Å². The second kappa shape index (κ2) is 7.60. The van der Waals surface area contributed by atoms with Crippen LogP contribution in [-0.2, 0) is 6.42 Å². The largest absolute Gasteiger partial charge is 0.344 e. The first-order chi connectivity index (χ1) is 9.03. The number of hydrogen-bond donors (Lipinski definition) is 0. The second-order valence-electron chi connectivity index (χ2n) is 5.07. The molecule has 0 saturated heterocycles. The van der Waals surface area contributed by atoms with Crippen LogP contribution in [0.15, 0.2) is 0 Å². The summed E-state index contributed by atoms with van der Waals surface area (Å²) in [7, 11) is 4.15. The Balaban J connectivity index is 2.94. The lowest BCUT2D eigenvalue weighted by Crippen LogP contribution is -2.40. The lowest BCUT2D eigenvalue weighted by atomic mass is 10.2. The minimum Gasteiger partial charge on any atom is -0.344 e. The fourth-order valence-electron chi connectivity index (χ4n) is 2.24. The molecule has 5 heteroatoms. The molecule has 1 rings (SSSR count). The van der Waals surface area contributed by atoms with Gasteiger partial charge in [0.15, 0.2) is 11.4 Å². The van der Waals surface area contributed by atoms with E-state index in [0.717, 1.165) is 47.9 Å². The highest BCUT2D eigenvalue weighted by molar-refractivity contribution is 7.17. The zero-order valence-corrected chi connectivity index (χ0v) is 13.5. The van der Waals surface area contributed by atoms with E-state index in [2.05, 4.69) is 49.7 Å². The van der Waals surface area contributed by atoms with Gasteiger partial charge in [-0.1, -0.05) is 24.7 Å². The van der Waals surface area contributed by atoms with Crippen LogP contribution < -0.4 is 4.90 Å². The molecule has 108 valence electrons. The lowest BCUT2D eigenvalue weighted by molar-refractivity contribution is 0.112. The molecular formula is C14H25N3OS.